The summed E-state index contributed by atoms with van der Waals surface area (Å²) in [5, 5.41) is 22.7. The van der Waals surface area contributed by atoms with Crippen LogP contribution in [-0.2, 0) is 21.1 Å². The number of nitrogens with two attached hydrogens (primary N) is 1. The molecule has 1 unspecified atom stereocenters. The number of nitrogens with zero attached hydrogens (tertiary/aromatic N) is 4. The number of fused-ring (bicyclic) bond motifs is 1. The summed E-state index contributed by atoms with van der Waals surface area (Å²) in [6.07, 6.45) is -0.196. The summed E-state index contributed by atoms with van der Waals surface area (Å²) in [7, 11) is 1.25. The van der Waals surface area contributed by atoms with Gasteiger partial charge in [-0.05, 0) is 11.8 Å². The Morgan fingerprint density at radius 1 is 1.50 bits per heavy atom. The Kier molecular flexibility index (Phi) is 4.82. The quantitative estimate of drug-likeness (QED) is 0.385. The van der Waals surface area contributed by atoms with Gasteiger partial charge in [-0.2, -0.15) is 0 Å². The van der Waals surface area contributed by atoms with E-state index in [9.17, 15) is 15.1 Å². The van der Waals surface area contributed by atoms with Crippen LogP contribution in [0.3, 0.4) is 0 Å². The van der Waals surface area contributed by atoms with E-state index in [2.05, 4.69) is 20.0 Å². The van der Waals surface area contributed by atoms with Gasteiger partial charge in [0.1, 0.15) is 24.1 Å². The second-order valence-electron chi connectivity index (χ2n) is 5.18. The summed E-state index contributed by atoms with van der Waals surface area (Å²) in [6.45, 7) is -3.70. The van der Waals surface area contributed by atoms with Gasteiger partial charge in [0.2, 0.25) is 0 Å². The van der Waals surface area contributed by atoms with Gasteiger partial charge in [-0.1, -0.05) is 0 Å². The smallest absolute Gasteiger partial charge is 0.258 e. The van der Waals surface area contributed by atoms with E-state index in [0.717, 1.165) is 0 Å². The molecule has 1 aliphatic rings. The lowest BCUT2D eigenvalue weighted by atomic mass is 10.1. The number of nitrogens with one attached hydrogen (secondary N) is 1. The number of aliphatic hydroxyl groups is 2. The zero-order chi connectivity index (χ0) is 17.5. The number of aromatic nitrogens is 4. The number of hydrogen-bond donors (Lipinski definition) is 5. The molecule has 0 bridgehead atoms. The van der Waals surface area contributed by atoms with Crippen molar-refractivity contribution in [3.8, 4) is 0 Å². The molecule has 11 nitrogen and oxygen atoms in total. The minimum Gasteiger partial charge on any atom is -0.394 e. The van der Waals surface area contributed by atoms with Crippen molar-refractivity contribution in [3.63, 3.8) is 0 Å². The van der Waals surface area contributed by atoms with Gasteiger partial charge >= 0.3 is 0 Å². The van der Waals surface area contributed by atoms with Crippen molar-refractivity contribution in [2.24, 2.45) is 0 Å². The van der Waals surface area contributed by atoms with Crippen molar-refractivity contribution in [3.05, 3.63) is 12.7 Å². The molecule has 5 atom stereocenters. The summed E-state index contributed by atoms with van der Waals surface area (Å²) in [6, 6.07) is -0.840. The minimum absolute atomic E-state index is 0.199. The van der Waals surface area contributed by atoms with Crippen LogP contribution < -0.4 is 10.8 Å². The first-order chi connectivity index (χ1) is 11.4. The highest BCUT2D eigenvalue weighted by molar-refractivity contribution is 8.08. The average molecular weight is 376 g/mol. The molecule has 3 rings (SSSR count). The summed E-state index contributed by atoms with van der Waals surface area (Å²) < 4.78 is 12.0. The number of aliphatic hydroxyl groups excluding tert-OH is 2. The van der Waals surface area contributed by atoms with E-state index in [1.54, 1.807) is 0 Å². The fraction of sp³-hybridized carbons (Fsp3) is 0.545. The molecule has 13 heteroatoms. The molecule has 0 aliphatic carbocycles. The van der Waals surface area contributed by atoms with Crippen molar-refractivity contribution in [1.82, 2.24) is 24.6 Å². The maximum Gasteiger partial charge on any atom is 0.258 e. The maximum atomic E-state index is 10.6. The lowest BCUT2D eigenvalue weighted by Crippen LogP contribution is -2.44. The molecule has 0 spiro atoms. The first kappa shape index (κ1) is 17.6. The predicted octanol–water partition coefficient (Wildman–Crippen LogP) is -1.52. The van der Waals surface area contributed by atoms with Crippen molar-refractivity contribution >= 4 is 35.4 Å². The second-order valence-corrected chi connectivity index (χ2v) is 8.33. The molecular weight excluding hydrogens is 359 g/mol. The molecule has 1 saturated heterocycles. The molecule has 0 aromatic carbocycles. The van der Waals surface area contributed by atoms with Crippen LogP contribution in [0.25, 0.3) is 11.2 Å². The summed E-state index contributed by atoms with van der Waals surface area (Å²) in [5.74, 6) is 0.199. The average Bonchev–Trinajstić information content (AvgIpc) is 3.10. The van der Waals surface area contributed by atoms with Crippen molar-refractivity contribution < 1.29 is 24.4 Å². The fourth-order valence-corrected chi connectivity index (χ4v) is 3.75. The number of anilines is 1. The molecule has 1 fully saturated rings. The Morgan fingerprint density at radius 3 is 2.92 bits per heavy atom. The zero-order valence-corrected chi connectivity index (χ0v) is 14.3. The normalized spacial score (nSPS) is 29.8. The van der Waals surface area contributed by atoms with Crippen LogP contribution in [0.5, 0.6) is 0 Å². The van der Waals surface area contributed by atoms with Crippen LogP contribution in [0, 0.1) is 0 Å². The monoisotopic (exact) mass is 376 g/mol. The Hall–Kier alpha value is -1.24. The third-order valence-electron chi connectivity index (χ3n) is 3.78. The number of ether oxygens (including phenoxy) is 1. The number of imidazole rings is 1. The van der Waals surface area contributed by atoms with Crippen molar-refractivity contribution in [2.75, 3.05) is 19.5 Å². The Morgan fingerprint density at radius 2 is 2.25 bits per heavy atom. The van der Waals surface area contributed by atoms with Gasteiger partial charge < -0.3 is 30.1 Å². The first-order valence-electron chi connectivity index (χ1n) is 6.91. The van der Waals surface area contributed by atoms with Crippen molar-refractivity contribution in [1.29, 1.82) is 0 Å². The Balaban J connectivity index is 1.94. The molecule has 0 saturated carbocycles. The molecule has 6 N–H and O–H groups in total. The third-order valence-corrected chi connectivity index (χ3v) is 5.66. The molecule has 1 aliphatic heterocycles. The van der Waals surface area contributed by atoms with Gasteiger partial charge in [0.05, 0.1) is 19.0 Å². The largest absolute Gasteiger partial charge is 0.394 e. The molecule has 24 heavy (non-hydrogen) atoms. The second kappa shape index (κ2) is 6.58. The highest BCUT2D eigenvalue weighted by atomic mass is 32.5. The lowest BCUT2D eigenvalue weighted by molar-refractivity contribution is -0.0489. The molecule has 0 radical (unpaired) electrons. The standard InChI is InChI=1S/C11H17N6O5PS/c1-21-23(20,24)16-6-5(2-18)22-11(8(6)19)17-4-15-7-9(12)13-3-14-10(7)17/h3-6,8,11,18-19H,2H2,1H3,(H2,12,13,14)(H2,16,20,24)/t5-,6-,8-,11-,23?/m1/s1. The van der Waals surface area contributed by atoms with Gasteiger partial charge in [-0.15, -0.1) is 0 Å². The van der Waals surface area contributed by atoms with Crippen LogP contribution >= 0.6 is 6.64 Å². The van der Waals surface area contributed by atoms with E-state index in [1.165, 1.54) is 24.3 Å². The third kappa shape index (κ3) is 3.03. The van der Waals surface area contributed by atoms with E-state index in [4.69, 9.17) is 26.8 Å². The van der Waals surface area contributed by atoms with Gasteiger partial charge in [-0.3, -0.25) is 4.57 Å². The van der Waals surface area contributed by atoms with E-state index < -0.39 is 37.7 Å². The Bertz CT molecular complexity index is 789. The lowest BCUT2D eigenvalue weighted by Gasteiger charge is -2.24. The van der Waals surface area contributed by atoms with Gasteiger partial charge in [0.25, 0.3) is 6.64 Å². The zero-order valence-electron chi connectivity index (χ0n) is 12.6. The topological polar surface area (TPSA) is 161 Å². The van der Waals surface area contributed by atoms with Gasteiger partial charge in [0, 0.05) is 7.11 Å². The highest BCUT2D eigenvalue weighted by Crippen LogP contribution is 2.41. The Labute approximate surface area is 141 Å². The predicted molar refractivity (Wildman–Crippen MR) is 87.2 cm³/mol. The van der Waals surface area contributed by atoms with Crippen LogP contribution in [-0.4, -0.2) is 66.6 Å². The number of nitrogen functional groups attached to an aromatic ring is 1. The van der Waals surface area contributed by atoms with Crippen LogP contribution in [0.2, 0.25) is 0 Å². The molecule has 2 aromatic rings. The van der Waals surface area contributed by atoms with E-state index in [0.29, 0.717) is 11.2 Å². The van der Waals surface area contributed by atoms with E-state index in [1.807, 2.05) is 0 Å². The molecule has 132 valence electrons. The summed E-state index contributed by atoms with van der Waals surface area (Å²) in [4.78, 5) is 22.0. The van der Waals surface area contributed by atoms with Crippen molar-refractivity contribution in [2.45, 2.75) is 24.5 Å². The van der Waals surface area contributed by atoms with E-state index in [-0.39, 0.29) is 5.82 Å². The highest BCUT2D eigenvalue weighted by Gasteiger charge is 2.46. The molecule has 0 amide bonds. The fourth-order valence-electron chi connectivity index (χ4n) is 2.59. The molecular formula is C11H17N6O5PS. The maximum absolute atomic E-state index is 10.6. The van der Waals surface area contributed by atoms with Gasteiger partial charge in [0.15, 0.2) is 17.7 Å². The van der Waals surface area contributed by atoms with Crippen LogP contribution in [0.15, 0.2) is 12.7 Å². The van der Waals surface area contributed by atoms with Gasteiger partial charge in [-0.25, -0.2) is 20.0 Å². The van der Waals surface area contributed by atoms with Crippen LogP contribution in [0.1, 0.15) is 6.23 Å². The van der Waals surface area contributed by atoms with E-state index >= 15 is 0 Å². The number of hydrogen-bond acceptors (Lipinski definition) is 9. The number of rotatable bonds is 5. The summed E-state index contributed by atoms with van der Waals surface area (Å²) >= 11 is 4.90. The summed E-state index contributed by atoms with van der Waals surface area (Å²) in [5.41, 5.74) is 6.49. The first-order valence-corrected chi connectivity index (χ1v) is 9.59. The van der Waals surface area contributed by atoms with Crippen LogP contribution in [0.4, 0.5) is 5.82 Å². The molecule has 3 heterocycles. The minimum atomic E-state index is -3.31. The SMILES string of the molecule is COP(O)(=S)N[C@H]1[C@@H](O)[C@H](n2cnc3c(N)ncnc32)O[C@@H]1CO. The molecule has 2 aromatic heterocycles.